The predicted molar refractivity (Wildman–Crippen MR) is 79.3 cm³/mol. The van der Waals surface area contributed by atoms with Crippen LogP contribution in [0.3, 0.4) is 0 Å². The summed E-state index contributed by atoms with van der Waals surface area (Å²) in [4.78, 5) is 22.3. The molecule has 4 N–H and O–H groups in total. The average Bonchev–Trinajstić information content (AvgIpc) is 2.34. The van der Waals surface area contributed by atoms with Gasteiger partial charge in [0.15, 0.2) is 6.61 Å². The highest BCUT2D eigenvalue weighted by Crippen LogP contribution is 2.27. The van der Waals surface area contributed by atoms with Crippen molar-refractivity contribution < 1.29 is 24.2 Å². The van der Waals surface area contributed by atoms with Gasteiger partial charge in [-0.3, -0.25) is 0 Å². The van der Waals surface area contributed by atoms with Crippen LogP contribution in [-0.2, 0) is 14.3 Å². The first-order valence-electron chi connectivity index (χ1n) is 5.46. The van der Waals surface area contributed by atoms with Crippen LogP contribution in [0.5, 0.6) is 5.75 Å². The van der Waals surface area contributed by atoms with Crippen molar-refractivity contribution in [2.24, 2.45) is 0 Å². The summed E-state index contributed by atoms with van der Waals surface area (Å²) in [5, 5.41) is 9.50. The van der Waals surface area contributed by atoms with Crippen LogP contribution < -0.4 is 10.9 Å². The Hall–Kier alpha value is -1.76. The van der Waals surface area contributed by atoms with Crippen LogP contribution in [0.1, 0.15) is 6.92 Å². The monoisotopic (exact) mass is 335 g/mol. The number of hydrogen-bond acceptors (Lipinski definition) is 5. The molecular formula is C13H15Cl2NO5. The molecule has 0 saturated heterocycles. The Morgan fingerprint density at radius 2 is 2.00 bits per heavy atom. The average molecular weight is 336 g/mol. The van der Waals surface area contributed by atoms with Crippen LogP contribution in [-0.4, -0.2) is 29.8 Å². The second kappa shape index (κ2) is 8.51. The van der Waals surface area contributed by atoms with Crippen molar-refractivity contribution in [1.82, 2.24) is 6.15 Å². The maximum Gasteiger partial charge on any atom is 0.349 e. The topological polar surface area (TPSA) is 108 Å². The van der Waals surface area contributed by atoms with Crippen LogP contribution in [0.2, 0.25) is 10.0 Å². The van der Waals surface area contributed by atoms with E-state index < -0.39 is 24.6 Å². The molecule has 0 aromatic heterocycles. The molecule has 1 aromatic rings. The zero-order valence-electron chi connectivity index (χ0n) is 11.3. The Morgan fingerprint density at radius 3 is 2.48 bits per heavy atom. The molecule has 1 aromatic carbocycles. The Bertz CT molecular complexity index is 533. The molecule has 116 valence electrons. The number of benzene rings is 1. The number of hydrogen-bond donors (Lipinski definition) is 2. The molecule has 0 spiro atoms. The minimum atomic E-state index is -1.40. The highest BCUT2D eigenvalue weighted by atomic mass is 35.5. The van der Waals surface area contributed by atoms with Gasteiger partial charge in [0.05, 0.1) is 5.02 Å². The number of rotatable bonds is 6. The van der Waals surface area contributed by atoms with E-state index in [9.17, 15) is 9.59 Å². The fourth-order valence-electron chi connectivity index (χ4n) is 1.26. The van der Waals surface area contributed by atoms with Crippen molar-refractivity contribution in [1.29, 1.82) is 0 Å². The first-order chi connectivity index (χ1) is 9.31. The highest BCUT2D eigenvalue weighted by Gasteiger charge is 2.23. The Labute approximate surface area is 131 Å². The predicted octanol–water partition coefficient (Wildman–Crippen LogP) is 3.11. The summed E-state index contributed by atoms with van der Waals surface area (Å²) in [6.45, 7) is 4.41. The zero-order valence-corrected chi connectivity index (χ0v) is 12.8. The van der Waals surface area contributed by atoms with Crippen LogP contribution in [0.25, 0.3) is 0 Å². The van der Waals surface area contributed by atoms with E-state index in [4.69, 9.17) is 37.8 Å². The Kier molecular flexibility index (Phi) is 7.80. The smallest absolute Gasteiger partial charge is 0.349 e. The molecule has 0 aliphatic rings. The van der Waals surface area contributed by atoms with Gasteiger partial charge in [0.1, 0.15) is 5.75 Å². The number of aliphatic carboxylic acids is 1. The van der Waals surface area contributed by atoms with E-state index in [0.717, 1.165) is 0 Å². The normalized spacial score (nSPS) is 11.0. The van der Waals surface area contributed by atoms with Gasteiger partial charge >= 0.3 is 11.9 Å². The molecule has 0 amide bonds. The summed E-state index contributed by atoms with van der Waals surface area (Å²) < 4.78 is 9.85. The van der Waals surface area contributed by atoms with E-state index in [1.807, 2.05) is 0 Å². The molecule has 1 rings (SSSR count). The summed E-state index contributed by atoms with van der Waals surface area (Å²) in [6.07, 6.45) is -1.40. The van der Waals surface area contributed by atoms with Gasteiger partial charge in [-0.1, -0.05) is 29.8 Å². The fraction of sp³-hybridized carbons (Fsp3) is 0.231. The number of carbonyl (C=O) groups excluding carboxylic acids is 1. The molecule has 0 saturated carbocycles. The molecule has 0 aliphatic heterocycles. The lowest BCUT2D eigenvalue weighted by Gasteiger charge is -2.14. The van der Waals surface area contributed by atoms with Gasteiger partial charge < -0.3 is 20.7 Å². The highest BCUT2D eigenvalue weighted by molar-refractivity contribution is 6.35. The summed E-state index contributed by atoms with van der Waals surface area (Å²) in [5.74, 6) is -1.89. The van der Waals surface area contributed by atoms with Gasteiger partial charge in [-0.25, -0.2) is 9.59 Å². The lowest BCUT2D eigenvalue weighted by atomic mass is 10.2. The largest absolute Gasteiger partial charge is 0.480 e. The summed E-state index contributed by atoms with van der Waals surface area (Å²) >= 11 is 11.6. The molecule has 1 unspecified atom stereocenters. The maximum absolute atomic E-state index is 11.5. The van der Waals surface area contributed by atoms with Gasteiger partial charge in [-0.15, -0.1) is 0 Å². The molecule has 1 atom stereocenters. The third-order valence-electron chi connectivity index (χ3n) is 2.16. The minimum Gasteiger partial charge on any atom is -0.480 e. The van der Waals surface area contributed by atoms with Crippen LogP contribution in [0.4, 0.5) is 0 Å². The van der Waals surface area contributed by atoms with Gasteiger partial charge in [-0.2, -0.15) is 0 Å². The number of halogens is 2. The molecule has 8 heteroatoms. The SMILES string of the molecule is C=C(C)C(OC(=O)COc1ccc(Cl)cc1Cl)C(=O)O.N. The van der Waals surface area contributed by atoms with E-state index in [-0.39, 0.29) is 22.5 Å². The van der Waals surface area contributed by atoms with E-state index in [1.54, 1.807) is 6.07 Å². The fourth-order valence-corrected chi connectivity index (χ4v) is 1.72. The van der Waals surface area contributed by atoms with Gasteiger partial charge in [0, 0.05) is 5.02 Å². The number of esters is 1. The first-order valence-corrected chi connectivity index (χ1v) is 6.22. The molecule has 0 aliphatic carbocycles. The second-order valence-corrected chi connectivity index (χ2v) is 4.76. The van der Waals surface area contributed by atoms with Crippen molar-refractivity contribution in [2.75, 3.05) is 6.61 Å². The van der Waals surface area contributed by atoms with Gasteiger partial charge in [0.2, 0.25) is 6.10 Å². The minimum absolute atomic E-state index is 0. The second-order valence-electron chi connectivity index (χ2n) is 3.92. The maximum atomic E-state index is 11.5. The summed E-state index contributed by atoms with van der Waals surface area (Å²) in [6, 6.07) is 4.49. The van der Waals surface area contributed by atoms with E-state index in [0.29, 0.717) is 5.02 Å². The third kappa shape index (κ3) is 6.03. The van der Waals surface area contributed by atoms with E-state index >= 15 is 0 Å². The Balaban J connectivity index is 0.00000400. The van der Waals surface area contributed by atoms with Crippen molar-refractivity contribution in [3.63, 3.8) is 0 Å². The standard InChI is InChI=1S/C13H12Cl2O5.H3N/c1-7(2)12(13(17)18)20-11(16)6-19-10-4-3-8(14)5-9(10)15;/h3-5,12H,1,6H2,2H3,(H,17,18);1H3. The molecule has 0 heterocycles. The van der Waals surface area contributed by atoms with Gasteiger partial charge in [0.25, 0.3) is 0 Å². The molecule has 0 radical (unpaired) electrons. The summed E-state index contributed by atoms with van der Waals surface area (Å²) in [7, 11) is 0. The quantitative estimate of drug-likeness (QED) is 0.610. The molecular weight excluding hydrogens is 321 g/mol. The first kappa shape index (κ1) is 19.2. The van der Waals surface area contributed by atoms with Crippen LogP contribution >= 0.6 is 23.2 Å². The molecule has 6 nitrogen and oxygen atoms in total. The van der Waals surface area contributed by atoms with Crippen molar-refractivity contribution in [2.45, 2.75) is 13.0 Å². The van der Waals surface area contributed by atoms with E-state index in [2.05, 4.69) is 6.58 Å². The summed E-state index contributed by atoms with van der Waals surface area (Å²) in [5.41, 5.74) is 0.204. The van der Waals surface area contributed by atoms with Gasteiger partial charge in [-0.05, 0) is 30.7 Å². The number of carboxylic acid groups (broad SMARTS) is 1. The number of carbonyl (C=O) groups is 2. The van der Waals surface area contributed by atoms with Crippen LogP contribution in [0, 0.1) is 0 Å². The lowest BCUT2D eigenvalue weighted by Crippen LogP contribution is -2.30. The molecule has 21 heavy (non-hydrogen) atoms. The zero-order chi connectivity index (χ0) is 15.3. The van der Waals surface area contributed by atoms with Crippen molar-refractivity contribution in [3.8, 4) is 5.75 Å². The van der Waals surface area contributed by atoms with Crippen LogP contribution in [0.15, 0.2) is 30.4 Å². The molecule has 0 fully saturated rings. The number of carboxylic acids is 1. The number of ether oxygens (including phenoxy) is 2. The third-order valence-corrected chi connectivity index (χ3v) is 2.69. The van der Waals surface area contributed by atoms with Crippen molar-refractivity contribution in [3.05, 3.63) is 40.4 Å². The van der Waals surface area contributed by atoms with E-state index in [1.165, 1.54) is 19.1 Å². The Morgan fingerprint density at radius 1 is 1.38 bits per heavy atom. The molecule has 0 bridgehead atoms. The van der Waals surface area contributed by atoms with Crippen molar-refractivity contribution >= 4 is 35.1 Å². The lowest BCUT2D eigenvalue weighted by molar-refractivity contribution is -0.162.